The summed E-state index contributed by atoms with van der Waals surface area (Å²) in [6, 6.07) is 34.7. The van der Waals surface area contributed by atoms with Gasteiger partial charge in [0, 0.05) is 73.1 Å². The van der Waals surface area contributed by atoms with Crippen LogP contribution in [-0.2, 0) is 33.6 Å². The Morgan fingerprint density at radius 1 is 0.510 bits per heavy atom. The van der Waals surface area contributed by atoms with Crippen LogP contribution < -0.4 is 71.2 Å². The van der Waals surface area contributed by atoms with Crippen LogP contribution in [0.2, 0.25) is 15.1 Å². The Bertz CT molecular complexity index is 4910. The molecule has 6 N–H and O–H groups in total. The number of rotatable bonds is 24. The molecule has 26 nitrogen and oxygen atoms in total. The van der Waals surface area contributed by atoms with Gasteiger partial charge in [0.25, 0.3) is 0 Å². The number of hydrogen-bond acceptors (Lipinski definition) is 25. The monoisotopic (exact) mass is 1540 g/mol. The smallest absolute Gasteiger partial charge is 0.233 e. The fourth-order valence-electron chi connectivity index (χ4n) is 10.3. The van der Waals surface area contributed by atoms with Crippen LogP contribution in [0.4, 0.5) is 80.9 Å². The Balaban J connectivity index is 0.000000178. The van der Waals surface area contributed by atoms with Crippen molar-refractivity contribution in [2.24, 2.45) is 0 Å². The Morgan fingerprint density at radius 2 is 0.971 bits per heavy atom. The first-order chi connectivity index (χ1) is 48.1. The molecule has 0 amide bonds. The van der Waals surface area contributed by atoms with E-state index in [0.29, 0.717) is 73.1 Å². The second-order valence-corrected chi connectivity index (χ2v) is 40.4. The third-order valence-corrected chi connectivity index (χ3v) is 25.0. The average molecular weight is 1550 g/mol. The zero-order valence-electron chi connectivity index (χ0n) is 58.5. The maximum absolute atomic E-state index is 12.8. The molecule has 0 bridgehead atoms. The van der Waals surface area contributed by atoms with Crippen molar-refractivity contribution >= 4 is 173 Å². The van der Waals surface area contributed by atoms with Crippen LogP contribution in [0, 0.1) is 0 Å². The van der Waals surface area contributed by atoms with E-state index in [-0.39, 0.29) is 44.3 Å². The standard InChI is InChI=1S/C26H32ClN6O2P.C22H26ClN4O4PS.C20H24ClN6O4PS/c1-35-23-16-19(33-14-12-32(13-15-33)18-8-9-18)10-11-21(23)30-26-28-17-20(27)25(31-26)29-22-6-4-5-7-24(22)36(2,3)34;1-14(2)33(29,30)20-9-7-6-8-17(20)25-21-16(23)13-24-22(27-21)26-18-12-15(32(4,5)28)10-11-19(18)31-3;1-27(33(5,29)30)19-16(7-6-10-22-19)24-18-14(21)12-23-20(26-18)25-15-9-8-13(32(3,4)28)11-17(15)31-2/h4-7,10-11,16-18H,8-9,12-15H2,1-3H3,(H2,28,29,30,31);6-14H,1-5H3,(H2,24,25,26,27);6-12H,1-5H3,(H2,23,24,25,26). The molecule has 1 saturated heterocycles. The van der Waals surface area contributed by atoms with Crippen LogP contribution in [0.3, 0.4) is 0 Å². The SMILES string of the molecule is COc1cc(N2CCN(C3CC3)CC2)ccc1Nc1ncc(Cl)c(Nc2ccccc2P(C)(C)=O)n1.COc1cc(P(C)(C)=O)ccc1Nc1ncc(Cl)c(Nc2cccnc2N(C)S(C)(=O)=O)n1.COc1ccc(P(C)(C)=O)cc1Nc1ncc(Cl)c(Nc2ccccc2S(=O)(=O)C(C)C)n1. The number of ether oxygens (including phenoxy) is 3. The number of halogens is 3. The van der Waals surface area contributed by atoms with E-state index in [2.05, 4.69) is 88.7 Å². The summed E-state index contributed by atoms with van der Waals surface area (Å²) >= 11 is 19.0. The highest BCUT2D eigenvalue weighted by atomic mass is 35.5. The van der Waals surface area contributed by atoms with E-state index in [1.165, 1.54) is 58.8 Å². The predicted molar refractivity (Wildman–Crippen MR) is 417 cm³/mol. The number of sulfonamides is 1. The largest absolute Gasteiger partial charge is 0.495 e. The number of hydrogen-bond donors (Lipinski definition) is 6. The molecular weight excluding hydrogens is 1460 g/mol. The van der Waals surface area contributed by atoms with E-state index in [1.807, 2.05) is 30.3 Å². The zero-order chi connectivity index (χ0) is 74.1. The van der Waals surface area contributed by atoms with E-state index in [9.17, 15) is 30.5 Å². The van der Waals surface area contributed by atoms with Crippen LogP contribution in [0.15, 0.2) is 145 Å². The van der Waals surface area contributed by atoms with Crippen molar-refractivity contribution in [3.05, 3.63) is 155 Å². The summed E-state index contributed by atoms with van der Waals surface area (Å²) in [6.07, 6.45) is 9.62. The summed E-state index contributed by atoms with van der Waals surface area (Å²) in [7, 11) is -8.42. The second kappa shape index (κ2) is 33.0. The molecule has 34 heteroatoms. The number of methoxy groups -OCH3 is 3. The first kappa shape index (κ1) is 77.9. The minimum atomic E-state index is -3.53. The molecule has 5 heterocycles. The van der Waals surface area contributed by atoms with Crippen LogP contribution >= 0.6 is 56.2 Å². The van der Waals surface area contributed by atoms with Gasteiger partial charge in [-0.25, -0.2) is 36.8 Å². The highest BCUT2D eigenvalue weighted by Gasteiger charge is 2.32. The second-order valence-electron chi connectivity index (χ2n) is 25.1. The number of nitrogens with zero attached hydrogens (tertiary/aromatic N) is 10. The van der Waals surface area contributed by atoms with Crippen LogP contribution in [-0.4, -0.2) is 169 Å². The normalized spacial score (nSPS) is 13.5. The maximum atomic E-state index is 12.8. The Hall–Kier alpha value is -8.29. The van der Waals surface area contributed by atoms with E-state index in [4.69, 9.17) is 49.0 Å². The molecule has 0 atom stereocenters. The van der Waals surface area contributed by atoms with Crippen LogP contribution in [0.1, 0.15) is 26.7 Å². The molecular formula is C68H82Cl3N16O10P3S2. The van der Waals surface area contributed by atoms with Gasteiger partial charge < -0.3 is 64.7 Å². The molecule has 0 spiro atoms. The highest BCUT2D eigenvalue weighted by Crippen LogP contribution is 2.43. The van der Waals surface area contributed by atoms with E-state index in [1.54, 1.807) is 134 Å². The molecule has 0 unspecified atom stereocenters. The third-order valence-electron chi connectivity index (χ3n) is 16.2. The summed E-state index contributed by atoms with van der Waals surface area (Å²) in [5, 5.41) is 20.9. The van der Waals surface area contributed by atoms with Crippen molar-refractivity contribution in [3.63, 3.8) is 0 Å². The fourth-order valence-corrected chi connectivity index (χ4v) is 15.3. The van der Waals surface area contributed by atoms with Gasteiger partial charge in [0.2, 0.25) is 27.9 Å². The summed E-state index contributed by atoms with van der Waals surface area (Å²) in [5.41, 5.74) is 4.47. The van der Waals surface area contributed by atoms with Crippen molar-refractivity contribution < 1.29 is 44.7 Å². The van der Waals surface area contributed by atoms with Gasteiger partial charge in [0.1, 0.15) is 53.7 Å². The number of anilines is 14. The topological polar surface area (TPSA) is 319 Å². The lowest BCUT2D eigenvalue weighted by Crippen LogP contribution is -2.47. The highest BCUT2D eigenvalue weighted by molar-refractivity contribution is 7.92. The van der Waals surface area contributed by atoms with Crippen LogP contribution in [0.25, 0.3) is 0 Å². The van der Waals surface area contributed by atoms with Crippen molar-refractivity contribution in [1.82, 2.24) is 39.8 Å². The van der Waals surface area contributed by atoms with Crippen LogP contribution in [0.5, 0.6) is 17.2 Å². The number of aromatic nitrogens is 7. The molecule has 0 radical (unpaired) electrons. The van der Waals surface area contributed by atoms with Gasteiger partial charge >= 0.3 is 0 Å². The van der Waals surface area contributed by atoms with Gasteiger partial charge in [-0.1, -0.05) is 59.1 Å². The number of nitrogens with one attached hydrogen (secondary N) is 6. The molecule has 102 heavy (non-hydrogen) atoms. The van der Waals surface area contributed by atoms with Crippen molar-refractivity contribution in [1.29, 1.82) is 0 Å². The first-order valence-corrected chi connectivity index (χ1v) is 44.2. The maximum Gasteiger partial charge on any atom is 0.233 e. The summed E-state index contributed by atoms with van der Waals surface area (Å²) < 4.78 is 105. The lowest BCUT2D eigenvalue weighted by atomic mass is 10.2. The molecule has 2 aliphatic rings. The minimum Gasteiger partial charge on any atom is -0.495 e. The van der Waals surface area contributed by atoms with Gasteiger partial charge in [0.05, 0.1) is 90.4 Å². The number of para-hydroxylation sites is 2. The predicted octanol–water partition coefficient (Wildman–Crippen LogP) is 13.9. The summed E-state index contributed by atoms with van der Waals surface area (Å²) in [5.74, 6) is 3.59. The Kier molecular flexibility index (Phi) is 25.2. The molecule has 11 rings (SSSR count). The lowest BCUT2D eigenvalue weighted by molar-refractivity contribution is 0.248. The number of pyridine rings is 1. The molecule has 4 aromatic heterocycles. The Morgan fingerprint density at radius 3 is 1.48 bits per heavy atom. The average Bonchev–Trinajstić information content (AvgIpc) is 0.993. The van der Waals surface area contributed by atoms with Gasteiger partial charge in [-0.15, -0.1) is 0 Å². The molecule has 5 aromatic carbocycles. The number of piperazine rings is 1. The summed E-state index contributed by atoms with van der Waals surface area (Å²) in [4.78, 5) is 35.5. The molecule has 1 aliphatic heterocycles. The van der Waals surface area contributed by atoms with Crippen molar-refractivity contribution in [2.45, 2.75) is 42.9 Å². The zero-order valence-corrected chi connectivity index (χ0v) is 65.1. The molecule has 2 fully saturated rings. The Labute approximate surface area is 610 Å². The third kappa shape index (κ3) is 20.1. The molecule has 542 valence electrons. The fraction of sp³-hybridized carbons (Fsp3) is 0.309. The molecule has 1 saturated carbocycles. The summed E-state index contributed by atoms with van der Waals surface area (Å²) in [6.45, 7) is 17.7. The van der Waals surface area contributed by atoms with E-state index in [0.717, 1.165) is 59.5 Å². The number of benzene rings is 5. The minimum absolute atomic E-state index is 0.153. The first-order valence-electron chi connectivity index (χ1n) is 31.9. The van der Waals surface area contributed by atoms with E-state index < -0.39 is 46.5 Å². The van der Waals surface area contributed by atoms with E-state index >= 15 is 0 Å². The molecule has 9 aromatic rings. The lowest BCUT2D eigenvalue weighted by Gasteiger charge is -2.36. The van der Waals surface area contributed by atoms with Gasteiger partial charge in [-0.05, 0) is 152 Å². The van der Waals surface area contributed by atoms with Crippen molar-refractivity contribution in [3.8, 4) is 17.2 Å². The van der Waals surface area contributed by atoms with Gasteiger partial charge in [0.15, 0.2) is 33.1 Å². The molecule has 1 aliphatic carbocycles. The van der Waals surface area contributed by atoms with Gasteiger partial charge in [-0.3, -0.25) is 9.21 Å². The van der Waals surface area contributed by atoms with Crippen molar-refractivity contribution in [2.75, 3.05) is 142 Å². The van der Waals surface area contributed by atoms with Gasteiger partial charge in [-0.2, -0.15) is 15.0 Å². The number of sulfone groups is 1. The quantitative estimate of drug-likeness (QED) is 0.0306.